The van der Waals surface area contributed by atoms with Crippen LogP contribution in [0.15, 0.2) is 180 Å². The van der Waals surface area contributed by atoms with Gasteiger partial charge in [0.25, 0.3) is 0 Å². The van der Waals surface area contributed by atoms with E-state index in [1.165, 1.54) is 50.3 Å². The molecule has 12 aromatic rings. The topological polar surface area (TPSA) is 61.7 Å². The van der Waals surface area contributed by atoms with E-state index in [4.69, 9.17) is 14.4 Å². The fourth-order valence-corrected chi connectivity index (χ4v) is 10.2. The number of hydrogen-bond acceptors (Lipinski definition) is 4. The summed E-state index contributed by atoms with van der Waals surface area (Å²) in [6.07, 6.45) is 0. The minimum absolute atomic E-state index is 0. The molecule has 0 atom stereocenters. The first-order valence-electron chi connectivity index (χ1n) is 24.6. The summed E-state index contributed by atoms with van der Waals surface area (Å²) in [5, 5.41) is 2.15. The van der Waals surface area contributed by atoms with Crippen LogP contribution in [-0.2, 0) is 20.1 Å². The average Bonchev–Trinajstić information content (AvgIpc) is 4.08. The van der Waals surface area contributed by atoms with Crippen molar-refractivity contribution in [1.29, 1.82) is 0 Å². The van der Waals surface area contributed by atoms with E-state index in [0.29, 0.717) is 0 Å². The molecule has 0 saturated heterocycles. The van der Waals surface area contributed by atoms with Gasteiger partial charge in [0.1, 0.15) is 5.58 Å². The third kappa shape index (κ3) is 8.67. The molecule has 0 saturated carbocycles. The molecule has 1 radical (unpaired) electrons. The monoisotopic (exact) mass is 1110 g/mol. The second-order valence-corrected chi connectivity index (χ2v) is 19.2. The molecule has 0 aliphatic heterocycles. The number of aromatic nitrogens is 5. The van der Waals surface area contributed by atoms with Crippen LogP contribution in [0.2, 0.25) is 0 Å². The van der Waals surface area contributed by atoms with E-state index < -0.39 is 0 Å². The van der Waals surface area contributed by atoms with Crippen LogP contribution in [0.25, 0.3) is 100 Å². The zero-order valence-electron chi connectivity index (χ0n) is 41.9. The molecule has 7 heteroatoms. The summed E-state index contributed by atoms with van der Waals surface area (Å²) in [4.78, 5) is 14.8. The number of fused-ring (bicyclic) bond motifs is 5. The van der Waals surface area contributed by atoms with Gasteiger partial charge in [0, 0.05) is 36.9 Å². The molecule has 357 valence electrons. The van der Waals surface area contributed by atoms with Gasteiger partial charge in [-0.3, -0.25) is 9.97 Å². The Kier molecular flexibility index (Phi) is 13.2. The maximum atomic E-state index is 6.73. The minimum atomic E-state index is 0. The van der Waals surface area contributed by atoms with Crippen molar-refractivity contribution < 1.29 is 24.5 Å². The van der Waals surface area contributed by atoms with Gasteiger partial charge in [-0.1, -0.05) is 173 Å². The zero-order chi connectivity index (χ0) is 48.9. The molecule has 0 amide bonds. The Morgan fingerprint density at radius 2 is 1.01 bits per heavy atom. The molecule has 6 nitrogen and oxygen atoms in total. The van der Waals surface area contributed by atoms with Crippen molar-refractivity contribution in [2.45, 2.75) is 67.2 Å². The molecule has 12 rings (SSSR count). The third-order valence-electron chi connectivity index (χ3n) is 13.6. The Balaban J connectivity index is 0.000000194. The van der Waals surface area contributed by atoms with Gasteiger partial charge in [-0.05, 0) is 124 Å². The van der Waals surface area contributed by atoms with Crippen LogP contribution in [0.4, 0.5) is 0 Å². The SMILES string of the molecule is CC(C)c1cc(-c2ccccc2)cc(C(C)C)c1-n1c(-c2[c-]ccc3c2oc2cc(-c4ccccc4)ccc23)nc2ccccc21.Cc1c[c-]c(-c2nc3ccccc3n2-c2c(C)cccc2C)c(C)n1.[Ir]. The Morgan fingerprint density at radius 3 is 1.60 bits per heavy atom. The minimum Gasteiger partial charge on any atom is -0.501 e. The van der Waals surface area contributed by atoms with Gasteiger partial charge in [-0.25, -0.2) is 0 Å². The van der Waals surface area contributed by atoms with E-state index in [1.54, 1.807) is 0 Å². The van der Waals surface area contributed by atoms with Gasteiger partial charge < -0.3 is 18.5 Å². The van der Waals surface area contributed by atoms with Crippen LogP contribution >= 0.6 is 0 Å². The number of furan rings is 1. The molecule has 72 heavy (non-hydrogen) atoms. The Hall–Kier alpha value is -7.70. The van der Waals surface area contributed by atoms with Crippen molar-refractivity contribution in [3.8, 4) is 56.4 Å². The van der Waals surface area contributed by atoms with Crippen molar-refractivity contribution in [1.82, 2.24) is 24.1 Å². The summed E-state index contributed by atoms with van der Waals surface area (Å²) in [7, 11) is 0. The summed E-state index contributed by atoms with van der Waals surface area (Å²) in [5.41, 5.74) is 21.7. The number of pyridine rings is 1. The fourth-order valence-electron chi connectivity index (χ4n) is 10.2. The predicted molar refractivity (Wildman–Crippen MR) is 294 cm³/mol. The van der Waals surface area contributed by atoms with Crippen molar-refractivity contribution >= 4 is 44.0 Å². The van der Waals surface area contributed by atoms with Crippen LogP contribution < -0.4 is 0 Å². The van der Waals surface area contributed by atoms with Crippen LogP contribution in [0, 0.1) is 39.8 Å². The van der Waals surface area contributed by atoms with Gasteiger partial charge >= 0.3 is 0 Å². The number of imidazole rings is 2. The largest absolute Gasteiger partial charge is 0.501 e. The fraction of sp³-hybridized carbons (Fsp3) is 0.154. The van der Waals surface area contributed by atoms with E-state index in [2.05, 4.69) is 219 Å². The second-order valence-electron chi connectivity index (χ2n) is 19.2. The maximum Gasteiger partial charge on any atom is 0.121 e. The van der Waals surface area contributed by atoms with Crippen LogP contribution in [0.1, 0.15) is 73.2 Å². The summed E-state index contributed by atoms with van der Waals surface area (Å²) in [6.45, 7) is 17.4. The van der Waals surface area contributed by atoms with Crippen molar-refractivity contribution in [3.05, 3.63) is 222 Å². The summed E-state index contributed by atoms with van der Waals surface area (Å²) < 4.78 is 11.3. The maximum absolute atomic E-state index is 6.73. The average molecular weight is 1110 g/mol. The van der Waals surface area contributed by atoms with Crippen LogP contribution in [0.5, 0.6) is 0 Å². The Labute approximate surface area is 435 Å². The Bertz CT molecular complexity index is 3890. The quantitative estimate of drug-likeness (QED) is 0.142. The zero-order valence-corrected chi connectivity index (χ0v) is 44.3. The van der Waals surface area contributed by atoms with E-state index in [-0.39, 0.29) is 31.9 Å². The number of hydrogen-bond donors (Lipinski definition) is 0. The predicted octanol–water partition coefficient (Wildman–Crippen LogP) is 17.1. The van der Waals surface area contributed by atoms with E-state index in [0.717, 1.165) is 83.7 Å². The van der Waals surface area contributed by atoms with Gasteiger partial charge in [0.05, 0.1) is 39.3 Å². The molecule has 0 aliphatic carbocycles. The number of para-hydroxylation sites is 5. The number of rotatable bonds is 8. The van der Waals surface area contributed by atoms with E-state index >= 15 is 0 Å². The molecule has 0 unspecified atom stereocenters. The molecule has 0 N–H and O–H groups in total. The number of aryl methyl sites for hydroxylation is 4. The smallest absolute Gasteiger partial charge is 0.121 e. The first-order valence-corrected chi connectivity index (χ1v) is 24.6. The summed E-state index contributed by atoms with van der Waals surface area (Å²) in [6, 6.07) is 68.4. The van der Waals surface area contributed by atoms with E-state index in [9.17, 15) is 0 Å². The van der Waals surface area contributed by atoms with Crippen molar-refractivity contribution in [3.63, 3.8) is 0 Å². The molecule has 8 aromatic carbocycles. The Morgan fingerprint density at radius 1 is 0.472 bits per heavy atom. The molecule has 4 aromatic heterocycles. The van der Waals surface area contributed by atoms with Crippen LogP contribution in [-0.4, -0.2) is 24.1 Å². The second kappa shape index (κ2) is 19.8. The molecule has 0 bridgehead atoms. The molecule has 0 spiro atoms. The molecular weight excluding hydrogens is 1060 g/mol. The summed E-state index contributed by atoms with van der Waals surface area (Å²) in [5.74, 6) is 2.30. The van der Waals surface area contributed by atoms with Gasteiger partial charge in [-0.15, -0.1) is 30.3 Å². The first kappa shape index (κ1) is 48.0. The van der Waals surface area contributed by atoms with Gasteiger partial charge in [0.15, 0.2) is 0 Å². The number of nitrogens with zero attached hydrogens (tertiary/aromatic N) is 5. The van der Waals surface area contributed by atoms with Crippen LogP contribution in [0.3, 0.4) is 0 Å². The number of benzene rings is 8. The van der Waals surface area contributed by atoms with E-state index in [1.807, 2.05) is 38.1 Å². The van der Waals surface area contributed by atoms with Crippen molar-refractivity contribution in [2.75, 3.05) is 0 Å². The first-order chi connectivity index (χ1) is 34.5. The molecule has 0 fully saturated rings. The molecule has 0 aliphatic rings. The molecule has 4 heterocycles. The molecular formula is C65H55IrN5O-2. The third-order valence-corrected chi connectivity index (χ3v) is 13.6. The standard InChI is InChI=1S/C43H35N2O.C22H20N3.Ir/c1-27(2)36-24-32(30-16-9-6-10-17-30)25-37(28(3)4)41(36)45-39-21-12-11-20-38(39)44-43(45)35-19-13-18-34-33-23-22-31(26-40(33)46-42(34)35)29-14-7-5-8-15-29;1-14-8-7-9-15(2)21(14)25-20-11-6-5-10-19(20)24-22(25)18-13-12-16(3)23-17(18)4;/h5-18,20-28H,1-4H3;5-12H,1-4H3;/q2*-1;. The normalized spacial score (nSPS) is 11.5. The summed E-state index contributed by atoms with van der Waals surface area (Å²) >= 11 is 0. The van der Waals surface area contributed by atoms with Gasteiger partial charge in [0.2, 0.25) is 0 Å². The van der Waals surface area contributed by atoms with Crippen molar-refractivity contribution in [2.24, 2.45) is 0 Å². The van der Waals surface area contributed by atoms with Gasteiger partial charge in [-0.2, -0.15) is 0 Å².